The second kappa shape index (κ2) is 2.73. The Morgan fingerprint density at radius 3 is 2.33 bits per heavy atom. The smallest absolute Gasteiger partial charge is 0.223 e. The lowest BCUT2D eigenvalue weighted by atomic mass is 10.4. The number of anilines is 1. The summed E-state index contributed by atoms with van der Waals surface area (Å²) in [5, 5.41) is 3.28. The quantitative estimate of drug-likeness (QED) is 0.720. The lowest BCUT2D eigenvalue weighted by Gasteiger charge is -2.03. The highest BCUT2D eigenvalue weighted by molar-refractivity contribution is 5.30. The molecule has 1 saturated carbocycles. The zero-order valence-corrected chi connectivity index (χ0v) is 7.46. The van der Waals surface area contributed by atoms with Crippen molar-refractivity contribution in [3.63, 3.8) is 0 Å². The van der Waals surface area contributed by atoms with Gasteiger partial charge in [0.15, 0.2) is 0 Å². The largest absolute Gasteiger partial charge is 0.351 e. The van der Waals surface area contributed by atoms with Crippen LogP contribution in [0.25, 0.3) is 0 Å². The Labute approximate surface area is 72.2 Å². The van der Waals surface area contributed by atoms with Gasteiger partial charge in [-0.2, -0.15) is 0 Å². The number of rotatable bonds is 2. The average molecular weight is 163 g/mol. The molecule has 1 heterocycles. The van der Waals surface area contributed by atoms with Gasteiger partial charge in [-0.25, -0.2) is 9.97 Å². The molecule has 1 aromatic rings. The van der Waals surface area contributed by atoms with Gasteiger partial charge in [0.05, 0.1) is 0 Å². The highest BCUT2D eigenvalue weighted by Gasteiger charge is 2.21. The van der Waals surface area contributed by atoms with Crippen molar-refractivity contribution in [3.05, 3.63) is 17.5 Å². The topological polar surface area (TPSA) is 37.8 Å². The fourth-order valence-electron chi connectivity index (χ4n) is 1.20. The fraction of sp³-hybridized carbons (Fsp3) is 0.556. The summed E-state index contributed by atoms with van der Waals surface area (Å²) in [5.74, 6) is 0.787. The van der Waals surface area contributed by atoms with Crippen LogP contribution >= 0.6 is 0 Å². The van der Waals surface area contributed by atoms with Crippen LogP contribution < -0.4 is 5.32 Å². The molecule has 2 rings (SSSR count). The Morgan fingerprint density at radius 2 is 1.83 bits per heavy atom. The SMILES string of the molecule is Cc1cc(C)nc(NC2CC2)n1. The van der Waals surface area contributed by atoms with Crippen LogP contribution in [0.4, 0.5) is 5.95 Å². The second-order valence-electron chi connectivity index (χ2n) is 3.39. The Balaban J connectivity index is 2.18. The Bertz CT molecular complexity index is 272. The molecule has 1 aliphatic carbocycles. The summed E-state index contributed by atoms with van der Waals surface area (Å²) in [4.78, 5) is 8.58. The van der Waals surface area contributed by atoms with E-state index in [9.17, 15) is 0 Å². The van der Waals surface area contributed by atoms with Crippen molar-refractivity contribution in [2.24, 2.45) is 0 Å². The first-order valence-electron chi connectivity index (χ1n) is 4.33. The maximum atomic E-state index is 4.29. The molecule has 0 aliphatic heterocycles. The van der Waals surface area contributed by atoms with Crippen LogP contribution in [0.1, 0.15) is 24.2 Å². The third kappa shape index (κ3) is 1.72. The van der Waals surface area contributed by atoms with Gasteiger partial charge in [0, 0.05) is 17.4 Å². The monoisotopic (exact) mass is 163 g/mol. The number of nitrogens with one attached hydrogen (secondary N) is 1. The normalized spacial score (nSPS) is 16.2. The van der Waals surface area contributed by atoms with Gasteiger partial charge < -0.3 is 5.32 Å². The molecule has 3 heteroatoms. The maximum absolute atomic E-state index is 4.29. The number of aromatic nitrogens is 2. The Morgan fingerprint density at radius 1 is 1.25 bits per heavy atom. The van der Waals surface area contributed by atoms with E-state index in [0.29, 0.717) is 6.04 Å². The molecule has 64 valence electrons. The van der Waals surface area contributed by atoms with Crippen molar-refractivity contribution in [2.75, 3.05) is 5.32 Å². The summed E-state index contributed by atoms with van der Waals surface area (Å²) >= 11 is 0. The van der Waals surface area contributed by atoms with Gasteiger partial charge in [-0.05, 0) is 32.8 Å². The van der Waals surface area contributed by atoms with Crippen molar-refractivity contribution in [2.45, 2.75) is 32.7 Å². The van der Waals surface area contributed by atoms with Gasteiger partial charge in [0.2, 0.25) is 5.95 Å². The zero-order valence-electron chi connectivity index (χ0n) is 7.46. The van der Waals surface area contributed by atoms with Crippen molar-refractivity contribution >= 4 is 5.95 Å². The molecule has 0 atom stereocenters. The van der Waals surface area contributed by atoms with E-state index in [-0.39, 0.29) is 0 Å². The molecule has 1 aromatic heterocycles. The summed E-state index contributed by atoms with van der Waals surface area (Å²) in [6, 6.07) is 2.61. The lowest BCUT2D eigenvalue weighted by molar-refractivity contribution is 1.00. The third-order valence-corrected chi connectivity index (χ3v) is 1.89. The summed E-state index contributed by atoms with van der Waals surface area (Å²) in [6.45, 7) is 3.99. The predicted molar refractivity (Wildman–Crippen MR) is 48.2 cm³/mol. The highest BCUT2D eigenvalue weighted by Crippen LogP contribution is 2.22. The van der Waals surface area contributed by atoms with E-state index in [1.165, 1.54) is 12.8 Å². The number of aryl methyl sites for hydroxylation is 2. The highest BCUT2D eigenvalue weighted by atomic mass is 15.1. The third-order valence-electron chi connectivity index (χ3n) is 1.89. The van der Waals surface area contributed by atoms with Gasteiger partial charge in [0.25, 0.3) is 0 Å². The summed E-state index contributed by atoms with van der Waals surface area (Å²) < 4.78 is 0. The van der Waals surface area contributed by atoms with Crippen molar-refractivity contribution < 1.29 is 0 Å². The first-order chi connectivity index (χ1) is 5.74. The van der Waals surface area contributed by atoms with Crippen LogP contribution in [0.15, 0.2) is 6.07 Å². The van der Waals surface area contributed by atoms with E-state index in [1.54, 1.807) is 0 Å². The average Bonchev–Trinajstić information content (AvgIpc) is 2.68. The van der Waals surface area contributed by atoms with Crippen LogP contribution in [0.2, 0.25) is 0 Å². The minimum atomic E-state index is 0.631. The summed E-state index contributed by atoms with van der Waals surface area (Å²) in [7, 11) is 0. The van der Waals surface area contributed by atoms with Gasteiger partial charge >= 0.3 is 0 Å². The molecule has 12 heavy (non-hydrogen) atoms. The molecule has 0 radical (unpaired) electrons. The van der Waals surface area contributed by atoms with Crippen molar-refractivity contribution in [3.8, 4) is 0 Å². The van der Waals surface area contributed by atoms with Gasteiger partial charge in [-0.3, -0.25) is 0 Å². The number of nitrogens with zero attached hydrogens (tertiary/aromatic N) is 2. The number of hydrogen-bond acceptors (Lipinski definition) is 3. The molecule has 0 bridgehead atoms. The second-order valence-corrected chi connectivity index (χ2v) is 3.39. The maximum Gasteiger partial charge on any atom is 0.223 e. The molecule has 3 nitrogen and oxygen atoms in total. The minimum Gasteiger partial charge on any atom is -0.351 e. The molecule has 0 spiro atoms. The molecule has 1 aliphatic rings. The van der Waals surface area contributed by atoms with E-state index < -0.39 is 0 Å². The molecule has 0 amide bonds. The van der Waals surface area contributed by atoms with E-state index in [0.717, 1.165) is 17.3 Å². The molecule has 0 saturated heterocycles. The first-order valence-corrected chi connectivity index (χ1v) is 4.33. The molecule has 1 fully saturated rings. The van der Waals surface area contributed by atoms with Gasteiger partial charge in [0.1, 0.15) is 0 Å². The predicted octanol–water partition coefficient (Wildman–Crippen LogP) is 1.67. The van der Waals surface area contributed by atoms with Crippen LogP contribution in [-0.2, 0) is 0 Å². The van der Waals surface area contributed by atoms with Crippen LogP contribution in [0.5, 0.6) is 0 Å². The fourth-order valence-corrected chi connectivity index (χ4v) is 1.20. The number of hydrogen-bond donors (Lipinski definition) is 1. The van der Waals surface area contributed by atoms with Crippen molar-refractivity contribution in [1.82, 2.24) is 9.97 Å². The molecule has 0 unspecified atom stereocenters. The van der Waals surface area contributed by atoms with Gasteiger partial charge in [-0.1, -0.05) is 0 Å². The minimum absolute atomic E-state index is 0.631. The van der Waals surface area contributed by atoms with Crippen LogP contribution in [0.3, 0.4) is 0 Å². The van der Waals surface area contributed by atoms with Crippen LogP contribution in [0, 0.1) is 13.8 Å². The lowest BCUT2D eigenvalue weighted by Crippen LogP contribution is -2.06. The standard InChI is InChI=1S/C9H13N3/c1-6-5-7(2)11-9(10-6)12-8-3-4-8/h5,8H,3-4H2,1-2H3,(H,10,11,12). The van der Waals surface area contributed by atoms with Crippen LogP contribution in [-0.4, -0.2) is 16.0 Å². The Hall–Kier alpha value is -1.12. The molecular formula is C9H13N3. The van der Waals surface area contributed by atoms with E-state index in [1.807, 2.05) is 19.9 Å². The van der Waals surface area contributed by atoms with E-state index >= 15 is 0 Å². The summed E-state index contributed by atoms with van der Waals surface area (Å²) in [5.41, 5.74) is 2.07. The molecule has 1 N–H and O–H groups in total. The van der Waals surface area contributed by atoms with E-state index in [2.05, 4.69) is 15.3 Å². The van der Waals surface area contributed by atoms with E-state index in [4.69, 9.17) is 0 Å². The van der Waals surface area contributed by atoms with Gasteiger partial charge in [-0.15, -0.1) is 0 Å². The first kappa shape index (κ1) is 7.53. The molecule has 0 aromatic carbocycles. The summed E-state index contributed by atoms with van der Waals surface area (Å²) in [6.07, 6.45) is 2.52. The molecular weight excluding hydrogens is 150 g/mol. The zero-order chi connectivity index (χ0) is 8.55. The van der Waals surface area contributed by atoms with Crippen molar-refractivity contribution in [1.29, 1.82) is 0 Å². The Kier molecular flexibility index (Phi) is 1.71.